The number of aromatic nitrogens is 2. The van der Waals surface area contributed by atoms with E-state index in [-0.39, 0.29) is 0 Å². The highest BCUT2D eigenvalue weighted by Crippen LogP contribution is 2.19. The maximum atomic E-state index is 5.37. The zero-order valence-electron chi connectivity index (χ0n) is 14.8. The first-order chi connectivity index (χ1) is 12.2. The van der Waals surface area contributed by atoms with Gasteiger partial charge in [-0.3, -0.25) is 4.90 Å². The number of morpholine rings is 1. The summed E-state index contributed by atoms with van der Waals surface area (Å²) in [5.74, 6) is 2.23. The predicted molar refractivity (Wildman–Crippen MR) is 98.8 cm³/mol. The molecular formula is C18H25N5O2. The van der Waals surface area contributed by atoms with Crippen LogP contribution in [0.1, 0.15) is 5.69 Å². The minimum absolute atomic E-state index is 0.582. The molecule has 2 heterocycles. The fourth-order valence-corrected chi connectivity index (χ4v) is 2.69. The van der Waals surface area contributed by atoms with Crippen molar-refractivity contribution in [3.8, 4) is 5.75 Å². The topological polar surface area (TPSA) is 71.5 Å². The number of anilines is 3. The van der Waals surface area contributed by atoms with Gasteiger partial charge in [-0.05, 0) is 31.2 Å². The molecule has 0 amide bonds. The lowest BCUT2D eigenvalue weighted by Crippen LogP contribution is -2.39. The molecule has 0 spiro atoms. The molecule has 0 saturated carbocycles. The molecule has 7 heteroatoms. The zero-order chi connectivity index (χ0) is 17.5. The van der Waals surface area contributed by atoms with Gasteiger partial charge in [0.15, 0.2) is 0 Å². The molecule has 0 atom stereocenters. The highest BCUT2D eigenvalue weighted by molar-refractivity contribution is 5.56. The average molecular weight is 343 g/mol. The normalized spacial score (nSPS) is 15.0. The summed E-state index contributed by atoms with van der Waals surface area (Å²) in [6.07, 6.45) is 0. The predicted octanol–water partition coefficient (Wildman–Crippen LogP) is 2.28. The van der Waals surface area contributed by atoms with E-state index in [1.54, 1.807) is 7.11 Å². The van der Waals surface area contributed by atoms with Crippen molar-refractivity contribution in [1.82, 2.24) is 14.9 Å². The number of methoxy groups -OCH3 is 1. The van der Waals surface area contributed by atoms with Gasteiger partial charge in [-0.1, -0.05) is 0 Å². The molecule has 25 heavy (non-hydrogen) atoms. The molecule has 0 radical (unpaired) electrons. The van der Waals surface area contributed by atoms with Gasteiger partial charge in [-0.25, -0.2) is 4.98 Å². The first kappa shape index (κ1) is 17.4. The Hall–Kier alpha value is -2.38. The van der Waals surface area contributed by atoms with Crippen molar-refractivity contribution in [3.63, 3.8) is 0 Å². The molecule has 0 bridgehead atoms. The Morgan fingerprint density at radius 1 is 1.16 bits per heavy atom. The van der Waals surface area contributed by atoms with Crippen LogP contribution < -0.4 is 15.4 Å². The van der Waals surface area contributed by atoms with Crippen LogP contribution in [0.4, 0.5) is 17.5 Å². The van der Waals surface area contributed by atoms with Crippen LogP contribution in [-0.4, -0.2) is 61.4 Å². The van der Waals surface area contributed by atoms with Crippen LogP contribution in [0.3, 0.4) is 0 Å². The van der Waals surface area contributed by atoms with Crippen LogP contribution in [-0.2, 0) is 4.74 Å². The van der Waals surface area contributed by atoms with E-state index in [4.69, 9.17) is 9.47 Å². The van der Waals surface area contributed by atoms with Gasteiger partial charge in [0.1, 0.15) is 11.6 Å². The van der Waals surface area contributed by atoms with Crippen LogP contribution in [0, 0.1) is 6.92 Å². The van der Waals surface area contributed by atoms with E-state index in [0.29, 0.717) is 5.95 Å². The number of benzene rings is 1. The number of ether oxygens (including phenoxy) is 2. The maximum Gasteiger partial charge on any atom is 0.229 e. The molecule has 1 aromatic carbocycles. The van der Waals surface area contributed by atoms with Gasteiger partial charge in [0.05, 0.1) is 20.3 Å². The summed E-state index contributed by atoms with van der Waals surface area (Å²) >= 11 is 0. The van der Waals surface area contributed by atoms with E-state index in [1.165, 1.54) is 0 Å². The third-order valence-corrected chi connectivity index (χ3v) is 4.04. The second-order valence-corrected chi connectivity index (χ2v) is 5.95. The summed E-state index contributed by atoms with van der Waals surface area (Å²) in [6.45, 7) is 7.43. The Labute approximate surface area is 148 Å². The van der Waals surface area contributed by atoms with Crippen LogP contribution >= 0.6 is 0 Å². The van der Waals surface area contributed by atoms with Gasteiger partial charge >= 0.3 is 0 Å². The molecule has 1 aliphatic rings. The molecule has 1 fully saturated rings. The van der Waals surface area contributed by atoms with E-state index < -0.39 is 0 Å². The van der Waals surface area contributed by atoms with Crippen LogP contribution in [0.15, 0.2) is 30.3 Å². The third kappa shape index (κ3) is 5.30. The summed E-state index contributed by atoms with van der Waals surface area (Å²) in [7, 11) is 1.65. The highest BCUT2D eigenvalue weighted by atomic mass is 16.5. The molecular weight excluding hydrogens is 318 g/mol. The molecule has 2 aromatic rings. The average Bonchev–Trinajstić information content (AvgIpc) is 2.63. The van der Waals surface area contributed by atoms with E-state index in [2.05, 4.69) is 25.5 Å². The van der Waals surface area contributed by atoms with Crippen molar-refractivity contribution < 1.29 is 9.47 Å². The Bertz CT molecular complexity index is 672. The quantitative estimate of drug-likeness (QED) is 0.799. The van der Waals surface area contributed by atoms with Crippen molar-refractivity contribution in [2.45, 2.75) is 6.92 Å². The summed E-state index contributed by atoms with van der Waals surface area (Å²) in [6, 6.07) is 9.64. The second kappa shape index (κ2) is 8.64. The zero-order valence-corrected chi connectivity index (χ0v) is 14.8. The smallest absolute Gasteiger partial charge is 0.229 e. The van der Waals surface area contributed by atoms with Crippen molar-refractivity contribution in [2.75, 3.05) is 57.1 Å². The number of hydrogen-bond donors (Lipinski definition) is 2. The first-order valence-electron chi connectivity index (χ1n) is 8.54. The van der Waals surface area contributed by atoms with Crippen molar-refractivity contribution in [3.05, 3.63) is 36.0 Å². The number of aryl methyl sites for hydroxylation is 1. The number of hydrogen-bond acceptors (Lipinski definition) is 7. The van der Waals surface area contributed by atoms with E-state index >= 15 is 0 Å². The van der Waals surface area contributed by atoms with Crippen molar-refractivity contribution >= 4 is 17.5 Å². The highest BCUT2D eigenvalue weighted by Gasteiger charge is 2.10. The summed E-state index contributed by atoms with van der Waals surface area (Å²) in [5.41, 5.74) is 1.84. The molecule has 1 saturated heterocycles. The third-order valence-electron chi connectivity index (χ3n) is 4.04. The standard InChI is InChI=1S/C18H25N5O2/c1-14-13-17(19-7-8-23-9-11-25-12-10-23)22-18(20-14)21-15-3-5-16(24-2)6-4-15/h3-6,13H,7-12H2,1-2H3,(H2,19,20,21,22). The molecule has 1 aromatic heterocycles. The lowest BCUT2D eigenvalue weighted by molar-refractivity contribution is 0.0398. The van der Waals surface area contributed by atoms with Gasteiger partial charge in [-0.2, -0.15) is 4.98 Å². The van der Waals surface area contributed by atoms with Crippen molar-refractivity contribution in [2.24, 2.45) is 0 Å². The van der Waals surface area contributed by atoms with Crippen LogP contribution in [0.25, 0.3) is 0 Å². The minimum atomic E-state index is 0.582. The molecule has 3 rings (SSSR count). The van der Waals surface area contributed by atoms with E-state index in [1.807, 2.05) is 37.3 Å². The Kier molecular flexibility index (Phi) is 6.03. The van der Waals surface area contributed by atoms with Crippen LogP contribution in [0.5, 0.6) is 5.75 Å². The number of rotatable bonds is 7. The lowest BCUT2D eigenvalue weighted by Gasteiger charge is -2.26. The number of nitrogens with zero attached hydrogens (tertiary/aromatic N) is 3. The Balaban J connectivity index is 1.57. The maximum absolute atomic E-state index is 5.37. The Morgan fingerprint density at radius 3 is 2.64 bits per heavy atom. The SMILES string of the molecule is COc1ccc(Nc2nc(C)cc(NCCN3CCOCC3)n2)cc1. The monoisotopic (exact) mass is 343 g/mol. The van der Waals surface area contributed by atoms with Gasteiger partial charge in [-0.15, -0.1) is 0 Å². The molecule has 7 nitrogen and oxygen atoms in total. The molecule has 0 aliphatic carbocycles. The van der Waals surface area contributed by atoms with Gasteiger partial charge in [0.25, 0.3) is 0 Å². The van der Waals surface area contributed by atoms with Crippen molar-refractivity contribution in [1.29, 1.82) is 0 Å². The second-order valence-electron chi connectivity index (χ2n) is 5.95. The molecule has 1 aliphatic heterocycles. The fraction of sp³-hybridized carbons (Fsp3) is 0.444. The molecule has 2 N–H and O–H groups in total. The summed E-state index contributed by atoms with van der Waals surface area (Å²) in [5, 5.41) is 6.62. The van der Waals surface area contributed by atoms with Gasteiger partial charge in [0, 0.05) is 43.6 Å². The molecule has 134 valence electrons. The lowest BCUT2D eigenvalue weighted by atomic mass is 10.3. The summed E-state index contributed by atoms with van der Waals surface area (Å²) in [4.78, 5) is 11.4. The molecule has 0 unspecified atom stereocenters. The minimum Gasteiger partial charge on any atom is -0.497 e. The van der Waals surface area contributed by atoms with E-state index in [0.717, 1.165) is 62.3 Å². The van der Waals surface area contributed by atoms with Gasteiger partial charge < -0.3 is 20.1 Å². The van der Waals surface area contributed by atoms with Gasteiger partial charge in [0.2, 0.25) is 5.95 Å². The Morgan fingerprint density at radius 2 is 1.92 bits per heavy atom. The van der Waals surface area contributed by atoms with E-state index in [9.17, 15) is 0 Å². The number of nitrogens with one attached hydrogen (secondary N) is 2. The fourth-order valence-electron chi connectivity index (χ4n) is 2.69. The van der Waals surface area contributed by atoms with Crippen LogP contribution in [0.2, 0.25) is 0 Å². The first-order valence-corrected chi connectivity index (χ1v) is 8.54. The largest absolute Gasteiger partial charge is 0.497 e. The summed E-state index contributed by atoms with van der Waals surface area (Å²) < 4.78 is 10.5.